The molecule has 0 unspecified atom stereocenters. The van der Waals surface area contributed by atoms with Crippen LogP contribution < -0.4 is 5.73 Å². The first kappa shape index (κ1) is 15.0. The third kappa shape index (κ3) is 4.29. The molecule has 0 aliphatic rings. The first-order chi connectivity index (χ1) is 10.2. The van der Waals surface area contributed by atoms with Gasteiger partial charge in [0.25, 0.3) is 0 Å². The highest BCUT2D eigenvalue weighted by Crippen LogP contribution is 2.10. The quantitative estimate of drug-likeness (QED) is 0.369. The van der Waals surface area contributed by atoms with E-state index in [-0.39, 0.29) is 5.84 Å². The molecule has 1 aromatic carbocycles. The van der Waals surface area contributed by atoms with Gasteiger partial charge in [0.2, 0.25) is 0 Å². The molecule has 0 bridgehead atoms. The van der Waals surface area contributed by atoms with Crippen molar-refractivity contribution in [2.45, 2.75) is 20.0 Å². The van der Waals surface area contributed by atoms with Crippen LogP contribution in [-0.4, -0.2) is 27.5 Å². The minimum atomic E-state index is 0.127. The number of aromatic nitrogens is 1. The van der Waals surface area contributed by atoms with Crippen LogP contribution in [0.3, 0.4) is 0 Å². The Morgan fingerprint density at radius 2 is 1.95 bits per heavy atom. The number of amidine groups is 1. The lowest BCUT2D eigenvalue weighted by Gasteiger charge is -2.20. The Hall–Kier alpha value is -2.40. The molecule has 3 N–H and O–H groups in total. The molecule has 21 heavy (non-hydrogen) atoms. The Bertz CT molecular complexity index is 581. The fourth-order valence-electron chi connectivity index (χ4n) is 2.10. The van der Waals surface area contributed by atoms with Gasteiger partial charge >= 0.3 is 0 Å². The number of hydrogen-bond acceptors (Lipinski definition) is 4. The summed E-state index contributed by atoms with van der Waals surface area (Å²) >= 11 is 0. The number of oxime groups is 1. The lowest BCUT2D eigenvalue weighted by Crippen LogP contribution is -2.23. The first-order valence-electron chi connectivity index (χ1n) is 6.92. The highest BCUT2D eigenvalue weighted by atomic mass is 16.4. The van der Waals surface area contributed by atoms with Crippen molar-refractivity contribution in [2.24, 2.45) is 10.9 Å². The van der Waals surface area contributed by atoms with Crippen LogP contribution in [-0.2, 0) is 13.1 Å². The van der Waals surface area contributed by atoms with Gasteiger partial charge in [0.1, 0.15) is 0 Å². The van der Waals surface area contributed by atoms with Crippen molar-refractivity contribution < 1.29 is 5.21 Å². The molecule has 0 amide bonds. The van der Waals surface area contributed by atoms with E-state index in [1.807, 2.05) is 48.7 Å². The Morgan fingerprint density at radius 3 is 2.52 bits per heavy atom. The van der Waals surface area contributed by atoms with E-state index < -0.39 is 0 Å². The van der Waals surface area contributed by atoms with Crippen LogP contribution in [0, 0.1) is 0 Å². The van der Waals surface area contributed by atoms with Gasteiger partial charge in [-0.3, -0.25) is 9.88 Å². The molecule has 5 heteroatoms. The molecule has 110 valence electrons. The zero-order valence-electron chi connectivity index (χ0n) is 12.1. The van der Waals surface area contributed by atoms with E-state index in [2.05, 4.69) is 22.0 Å². The van der Waals surface area contributed by atoms with Gasteiger partial charge in [-0.2, -0.15) is 0 Å². The lowest BCUT2D eigenvalue weighted by molar-refractivity contribution is 0.268. The summed E-state index contributed by atoms with van der Waals surface area (Å²) < 4.78 is 0. The second kappa shape index (κ2) is 7.40. The van der Waals surface area contributed by atoms with Crippen molar-refractivity contribution in [1.82, 2.24) is 9.88 Å². The van der Waals surface area contributed by atoms with Crippen LogP contribution in [0.1, 0.15) is 23.7 Å². The van der Waals surface area contributed by atoms with Crippen LogP contribution in [0.2, 0.25) is 0 Å². The van der Waals surface area contributed by atoms with Gasteiger partial charge in [0.15, 0.2) is 5.84 Å². The Kier molecular flexibility index (Phi) is 5.29. The van der Waals surface area contributed by atoms with Crippen LogP contribution in [0.5, 0.6) is 0 Å². The predicted octanol–water partition coefficient (Wildman–Crippen LogP) is 2.20. The van der Waals surface area contributed by atoms with E-state index in [1.54, 1.807) is 0 Å². The zero-order chi connectivity index (χ0) is 15.1. The van der Waals surface area contributed by atoms with Gasteiger partial charge in [-0.15, -0.1) is 0 Å². The molecule has 5 nitrogen and oxygen atoms in total. The maximum absolute atomic E-state index is 8.65. The number of pyridine rings is 1. The Morgan fingerprint density at radius 1 is 1.19 bits per heavy atom. The fourth-order valence-corrected chi connectivity index (χ4v) is 2.10. The average Bonchev–Trinajstić information content (AvgIpc) is 2.55. The number of benzene rings is 1. The number of hydrogen-bond donors (Lipinski definition) is 2. The highest BCUT2D eigenvalue weighted by Gasteiger charge is 2.06. The van der Waals surface area contributed by atoms with Crippen molar-refractivity contribution in [3.63, 3.8) is 0 Å². The van der Waals surface area contributed by atoms with E-state index in [4.69, 9.17) is 10.9 Å². The fraction of sp³-hybridized carbons (Fsp3) is 0.250. The molecule has 0 aliphatic heterocycles. The molecule has 0 atom stereocenters. The smallest absolute Gasteiger partial charge is 0.170 e. The van der Waals surface area contributed by atoms with Crippen molar-refractivity contribution in [3.05, 3.63) is 65.5 Å². The van der Waals surface area contributed by atoms with E-state index in [9.17, 15) is 0 Å². The number of rotatable bonds is 6. The zero-order valence-corrected chi connectivity index (χ0v) is 12.1. The molecule has 2 rings (SSSR count). The molecule has 1 heterocycles. The molecular formula is C16H20N4O. The highest BCUT2D eigenvalue weighted by molar-refractivity contribution is 5.96. The van der Waals surface area contributed by atoms with Gasteiger partial charge in [-0.1, -0.05) is 42.4 Å². The summed E-state index contributed by atoms with van der Waals surface area (Å²) in [6.45, 7) is 4.73. The second-order valence-corrected chi connectivity index (χ2v) is 4.81. The lowest BCUT2D eigenvalue weighted by atomic mass is 10.1. The minimum Gasteiger partial charge on any atom is -0.409 e. The van der Waals surface area contributed by atoms with Crippen molar-refractivity contribution in [1.29, 1.82) is 0 Å². The molecule has 0 radical (unpaired) electrons. The minimum absolute atomic E-state index is 0.127. The summed E-state index contributed by atoms with van der Waals surface area (Å²) in [7, 11) is 0. The van der Waals surface area contributed by atoms with E-state index in [0.717, 1.165) is 25.3 Å². The maximum Gasteiger partial charge on any atom is 0.170 e. The molecule has 0 saturated heterocycles. The number of nitrogens with zero attached hydrogens (tertiary/aromatic N) is 3. The van der Waals surface area contributed by atoms with Gasteiger partial charge in [-0.05, 0) is 24.2 Å². The molecule has 0 saturated carbocycles. The van der Waals surface area contributed by atoms with Crippen LogP contribution in [0.15, 0.2) is 53.8 Å². The topological polar surface area (TPSA) is 74.7 Å². The molecule has 2 aromatic rings. The SMILES string of the molecule is CCN(Cc1ccc(/C(N)=N/O)cc1)Cc1ccccn1. The van der Waals surface area contributed by atoms with Gasteiger partial charge < -0.3 is 10.9 Å². The summed E-state index contributed by atoms with van der Waals surface area (Å²) in [5.74, 6) is 0.127. The van der Waals surface area contributed by atoms with Crippen LogP contribution >= 0.6 is 0 Å². The first-order valence-corrected chi connectivity index (χ1v) is 6.92. The predicted molar refractivity (Wildman–Crippen MR) is 83.0 cm³/mol. The van der Waals surface area contributed by atoms with Crippen molar-refractivity contribution >= 4 is 5.84 Å². The monoisotopic (exact) mass is 284 g/mol. The molecule has 1 aromatic heterocycles. The van der Waals surface area contributed by atoms with E-state index in [0.29, 0.717) is 5.56 Å². The summed E-state index contributed by atoms with van der Waals surface area (Å²) in [5.41, 5.74) is 8.52. The summed E-state index contributed by atoms with van der Waals surface area (Å²) in [4.78, 5) is 6.66. The van der Waals surface area contributed by atoms with Crippen molar-refractivity contribution in [3.8, 4) is 0 Å². The number of nitrogens with two attached hydrogens (primary N) is 1. The van der Waals surface area contributed by atoms with Gasteiger partial charge in [0, 0.05) is 24.8 Å². The molecule has 0 fully saturated rings. The van der Waals surface area contributed by atoms with Crippen molar-refractivity contribution in [2.75, 3.05) is 6.54 Å². The molecular weight excluding hydrogens is 264 g/mol. The Balaban J connectivity index is 2.01. The summed E-state index contributed by atoms with van der Waals surface area (Å²) in [5, 5.41) is 11.6. The third-order valence-electron chi connectivity index (χ3n) is 3.32. The van der Waals surface area contributed by atoms with Crippen LogP contribution in [0.4, 0.5) is 0 Å². The largest absolute Gasteiger partial charge is 0.409 e. The van der Waals surface area contributed by atoms with E-state index in [1.165, 1.54) is 5.56 Å². The maximum atomic E-state index is 8.65. The average molecular weight is 284 g/mol. The molecule has 0 aliphatic carbocycles. The second-order valence-electron chi connectivity index (χ2n) is 4.81. The van der Waals surface area contributed by atoms with Crippen LogP contribution in [0.25, 0.3) is 0 Å². The van der Waals surface area contributed by atoms with Gasteiger partial charge in [0.05, 0.1) is 5.69 Å². The van der Waals surface area contributed by atoms with Gasteiger partial charge in [-0.25, -0.2) is 0 Å². The summed E-state index contributed by atoms with van der Waals surface area (Å²) in [6, 6.07) is 13.7. The molecule has 0 spiro atoms. The van der Waals surface area contributed by atoms with E-state index >= 15 is 0 Å². The summed E-state index contributed by atoms with van der Waals surface area (Å²) in [6.07, 6.45) is 1.81. The Labute approximate surface area is 124 Å². The third-order valence-corrected chi connectivity index (χ3v) is 3.32. The standard InChI is InChI=1S/C16H20N4O/c1-2-20(12-15-5-3-4-10-18-15)11-13-6-8-14(9-7-13)16(17)19-21/h3-10,21H,2,11-12H2,1H3,(H2,17,19). The normalized spacial score (nSPS) is 11.8.